The highest BCUT2D eigenvalue weighted by Gasteiger charge is 2.02. The average Bonchev–Trinajstić information content (AvgIpc) is 2.16. The molecule has 0 aliphatic rings. The third-order valence-electron chi connectivity index (χ3n) is 1.63. The van der Waals surface area contributed by atoms with E-state index in [4.69, 9.17) is 16.7 Å². The Labute approximate surface area is 81.4 Å². The summed E-state index contributed by atoms with van der Waals surface area (Å²) in [5.41, 5.74) is 11.7. The van der Waals surface area contributed by atoms with Gasteiger partial charge in [0.25, 0.3) is 5.91 Å². The van der Waals surface area contributed by atoms with Gasteiger partial charge in [0.2, 0.25) is 0 Å². The van der Waals surface area contributed by atoms with Gasteiger partial charge in [0.1, 0.15) is 11.6 Å². The second-order valence-corrected chi connectivity index (χ2v) is 2.70. The van der Waals surface area contributed by atoms with Crippen molar-refractivity contribution in [1.82, 2.24) is 0 Å². The number of hydrogen-bond acceptors (Lipinski definition) is 3. The molecule has 1 rings (SSSR count). The first-order chi connectivity index (χ1) is 6.63. The molecule has 1 aromatic rings. The van der Waals surface area contributed by atoms with E-state index in [-0.39, 0.29) is 5.57 Å². The van der Waals surface area contributed by atoms with Crippen molar-refractivity contribution in [2.45, 2.75) is 0 Å². The molecule has 0 heterocycles. The minimum Gasteiger partial charge on any atom is -0.399 e. The molecule has 4 N–H and O–H groups in total. The molecule has 4 nitrogen and oxygen atoms in total. The maximum Gasteiger partial charge on any atom is 0.259 e. The predicted molar refractivity (Wildman–Crippen MR) is 53.6 cm³/mol. The Morgan fingerprint density at radius 3 is 2.36 bits per heavy atom. The fourth-order valence-corrected chi connectivity index (χ4v) is 0.917. The van der Waals surface area contributed by atoms with Gasteiger partial charge in [0.15, 0.2) is 0 Å². The van der Waals surface area contributed by atoms with E-state index in [0.717, 1.165) is 5.56 Å². The highest BCUT2D eigenvalue weighted by Crippen LogP contribution is 2.09. The summed E-state index contributed by atoms with van der Waals surface area (Å²) in [7, 11) is 0. The minimum atomic E-state index is -0.732. The number of carbonyl (C=O) groups is 1. The molecule has 4 heteroatoms. The SMILES string of the molecule is N#CC(=Cc1ccc(N)cc1)C(N)=O. The second-order valence-electron chi connectivity index (χ2n) is 2.70. The largest absolute Gasteiger partial charge is 0.399 e. The topological polar surface area (TPSA) is 92.9 Å². The van der Waals surface area contributed by atoms with Crippen LogP contribution in [0.25, 0.3) is 6.08 Å². The summed E-state index contributed by atoms with van der Waals surface area (Å²) in [6.45, 7) is 0. The second kappa shape index (κ2) is 4.10. The number of nitrogens with two attached hydrogens (primary N) is 2. The highest BCUT2D eigenvalue weighted by molar-refractivity contribution is 6.00. The molecular formula is C10H9N3O. The van der Waals surface area contributed by atoms with Crippen LogP contribution in [0, 0.1) is 11.3 Å². The Hall–Kier alpha value is -2.28. The third kappa shape index (κ3) is 2.35. The lowest BCUT2D eigenvalue weighted by Gasteiger charge is -1.95. The molecular weight excluding hydrogens is 178 g/mol. The number of carbonyl (C=O) groups excluding carboxylic acids is 1. The summed E-state index contributed by atoms with van der Waals surface area (Å²) in [5, 5.41) is 8.57. The van der Waals surface area contributed by atoms with Crippen molar-refractivity contribution in [3.05, 3.63) is 35.4 Å². The lowest BCUT2D eigenvalue weighted by atomic mass is 10.1. The molecule has 14 heavy (non-hydrogen) atoms. The molecule has 0 radical (unpaired) electrons. The van der Waals surface area contributed by atoms with Gasteiger partial charge in [-0.3, -0.25) is 4.79 Å². The first kappa shape index (κ1) is 9.81. The number of rotatable bonds is 2. The van der Waals surface area contributed by atoms with Crippen molar-refractivity contribution >= 4 is 17.7 Å². The van der Waals surface area contributed by atoms with Crippen LogP contribution in [0.15, 0.2) is 29.8 Å². The Morgan fingerprint density at radius 2 is 1.93 bits per heavy atom. The number of amides is 1. The van der Waals surface area contributed by atoms with Gasteiger partial charge in [-0.15, -0.1) is 0 Å². The van der Waals surface area contributed by atoms with Gasteiger partial charge in [-0.2, -0.15) is 5.26 Å². The Morgan fingerprint density at radius 1 is 1.36 bits per heavy atom. The fraction of sp³-hybridized carbons (Fsp3) is 0. The molecule has 0 aromatic heterocycles. The van der Waals surface area contributed by atoms with Crippen molar-refractivity contribution in [3.8, 4) is 6.07 Å². The van der Waals surface area contributed by atoms with Gasteiger partial charge in [-0.25, -0.2) is 0 Å². The molecule has 0 saturated heterocycles. The monoisotopic (exact) mass is 187 g/mol. The first-order valence-corrected chi connectivity index (χ1v) is 3.90. The van der Waals surface area contributed by atoms with Gasteiger partial charge in [-0.05, 0) is 23.8 Å². The van der Waals surface area contributed by atoms with E-state index in [9.17, 15) is 4.79 Å². The van der Waals surface area contributed by atoms with Crippen LogP contribution in [0.2, 0.25) is 0 Å². The summed E-state index contributed by atoms with van der Waals surface area (Å²) in [4.78, 5) is 10.7. The third-order valence-corrected chi connectivity index (χ3v) is 1.63. The number of nitriles is 1. The van der Waals surface area contributed by atoms with E-state index in [1.165, 1.54) is 6.08 Å². The zero-order valence-corrected chi connectivity index (χ0v) is 7.40. The van der Waals surface area contributed by atoms with Crippen molar-refractivity contribution in [3.63, 3.8) is 0 Å². The molecule has 1 amide bonds. The summed E-state index contributed by atoms with van der Waals surface area (Å²) in [6.07, 6.45) is 1.42. The maximum absolute atomic E-state index is 10.7. The van der Waals surface area contributed by atoms with E-state index in [2.05, 4.69) is 0 Å². The molecule has 70 valence electrons. The van der Waals surface area contributed by atoms with Crippen LogP contribution < -0.4 is 11.5 Å². The Kier molecular flexibility index (Phi) is 2.87. The Balaban J connectivity index is 3.03. The molecule has 0 spiro atoms. The summed E-state index contributed by atoms with van der Waals surface area (Å²) in [5.74, 6) is -0.732. The molecule has 0 atom stereocenters. The van der Waals surface area contributed by atoms with Crippen molar-refractivity contribution in [1.29, 1.82) is 5.26 Å². The average molecular weight is 187 g/mol. The minimum absolute atomic E-state index is 0.0743. The van der Waals surface area contributed by atoms with Crippen LogP contribution >= 0.6 is 0 Å². The van der Waals surface area contributed by atoms with Gasteiger partial charge in [0.05, 0.1) is 0 Å². The fourth-order valence-electron chi connectivity index (χ4n) is 0.917. The number of anilines is 1. The normalized spacial score (nSPS) is 10.6. The van der Waals surface area contributed by atoms with Gasteiger partial charge < -0.3 is 11.5 Å². The number of hydrogen-bond donors (Lipinski definition) is 2. The van der Waals surface area contributed by atoms with Crippen LogP contribution in [0.3, 0.4) is 0 Å². The van der Waals surface area contributed by atoms with Crippen molar-refractivity contribution in [2.24, 2.45) is 5.73 Å². The number of benzene rings is 1. The molecule has 0 aliphatic carbocycles. The van der Waals surface area contributed by atoms with E-state index >= 15 is 0 Å². The standard InChI is InChI=1S/C10H9N3O/c11-6-8(10(13)14)5-7-1-3-9(12)4-2-7/h1-5H,12H2,(H2,13,14). The van der Waals surface area contributed by atoms with Crippen molar-refractivity contribution < 1.29 is 4.79 Å². The molecule has 0 aliphatic heterocycles. The molecule has 0 bridgehead atoms. The predicted octanol–water partition coefficient (Wildman–Crippen LogP) is 0.661. The Bertz CT molecular complexity index is 412. The van der Waals surface area contributed by atoms with Crippen LogP contribution in [-0.4, -0.2) is 5.91 Å². The van der Waals surface area contributed by atoms with Gasteiger partial charge >= 0.3 is 0 Å². The quantitative estimate of drug-likeness (QED) is 0.404. The van der Waals surface area contributed by atoms with E-state index in [1.54, 1.807) is 30.3 Å². The van der Waals surface area contributed by atoms with Crippen LogP contribution in [0.4, 0.5) is 5.69 Å². The van der Waals surface area contributed by atoms with Crippen LogP contribution in [-0.2, 0) is 4.79 Å². The summed E-state index contributed by atoms with van der Waals surface area (Å²) < 4.78 is 0. The summed E-state index contributed by atoms with van der Waals surface area (Å²) in [6, 6.07) is 8.49. The van der Waals surface area contributed by atoms with Gasteiger partial charge in [-0.1, -0.05) is 12.1 Å². The van der Waals surface area contributed by atoms with Crippen LogP contribution in [0.1, 0.15) is 5.56 Å². The molecule has 1 aromatic carbocycles. The van der Waals surface area contributed by atoms with Crippen molar-refractivity contribution in [2.75, 3.05) is 5.73 Å². The first-order valence-electron chi connectivity index (χ1n) is 3.90. The number of nitrogens with zero attached hydrogens (tertiary/aromatic N) is 1. The van der Waals surface area contributed by atoms with E-state index in [1.807, 2.05) is 0 Å². The molecule has 0 unspecified atom stereocenters. The number of primary amides is 1. The highest BCUT2D eigenvalue weighted by atomic mass is 16.1. The van der Waals surface area contributed by atoms with E-state index in [0.29, 0.717) is 5.69 Å². The summed E-state index contributed by atoms with van der Waals surface area (Å²) >= 11 is 0. The zero-order chi connectivity index (χ0) is 10.6. The van der Waals surface area contributed by atoms with E-state index < -0.39 is 5.91 Å². The van der Waals surface area contributed by atoms with Gasteiger partial charge in [0, 0.05) is 5.69 Å². The molecule has 0 saturated carbocycles. The molecule has 0 fully saturated rings. The van der Waals surface area contributed by atoms with Crippen LogP contribution in [0.5, 0.6) is 0 Å². The lowest BCUT2D eigenvalue weighted by molar-refractivity contribution is -0.114. The smallest absolute Gasteiger partial charge is 0.259 e. The maximum atomic E-state index is 10.7. The lowest BCUT2D eigenvalue weighted by Crippen LogP contribution is -2.12. The zero-order valence-electron chi connectivity index (χ0n) is 7.40. The number of nitrogen functional groups attached to an aromatic ring is 1.